The fourth-order valence-corrected chi connectivity index (χ4v) is 0.200. The normalized spacial score (nSPS) is 9.33. The van der Waals surface area contributed by atoms with Gasteiger partial charge in [-0.3, -0.25) is 0 Å². The molecule has 0 spiro atoms. The van der Waals surface area contributed by atoms with E-state index in [1.165, 1.54) is 0 Å². The van der Waals surface area contributed by atoms with E-state index in [2.05, 4.69) is 6.92 Å². The second-order valence-electron chi connectivity index (χ2n) is 1.22. The maximum absolute atomic E-state index is 11.0. The molecule has 0 saturated carbocycles. The Morgan fingerprint density at radius 3 is 1.56 bits per heavy atom. The van der Waals surface area contributed by atoms with Gasteiger partial charge in [0.1, 0.15) is 0 Å². The van der Waals surface area contributed by atoms with Crippen molar-refractivity contribution in [1.29, 1.82) is 0 Å². The van der Waals surface area contributed by atoms with Crippen molar-refractivity contribution >= 4 is 23.1 Å². The summed E-state index contributed by atoms with van der Waals surface area (Å²) in [7, 11) is 0. The van der Waals surface area contributed by atoms with Crippen molar-refractivity contribution in [3.05, 3.63) is 6.92 Å². The van der Waals surface area contributed by atoms with Crippen LogP contribution >= 0.6 is 0 Å². The Morgan fingerprint density at radius 2 is 1.56 bits per heavy atom. The Hall–Kier alpha value is 1.04. The van der Waals surface area contributed by atoms with Gasteiger partial charge in [-0.1, -0.05) is 0 Å². The SMILES string of the molecule is [Br-].[CH2-]CCC(F)(F)F.[Mg+2]. The predicted molar refractivity (Wildman–Crippen MR) is 26.4 cm³/mol. The summed E-state index contributed by atoms with van der Waals surface area (Å²) in [4.78, 5) is 0. The second kappa shape index (κ2) is 7.15. The monoisotopic (exact) mass is 214 g/mol. The van der Waals surface area contributed by atoms with E-state index in [1.54, 1.807) is 0 Å². The summed E-state index contributed by atoms with van der Waals surface area (Å²) >= 11 is 0. The maximum Gasteiger partial charge on any atom is 2.00 e. The van der Waals surface area contributed by atoms with Gasteiger partial charge in [-0.05, 0) is 0 Å². The van der Waals surface area contributed by atoms with Crippen LogP contribution in [0.2, 0.25) is 0 Å². The molecule has 0 fully saturated rings. The minimum Gasteiger partial charge on any atom is -1.00 e. The van der Waals surface area contributed by atoms with Crippen LogP contribution < -0.4 is 17.0 Å². The topological polar surface area (TPSA) is 0 Å². The van der Waals surface area contributed by atoms with Crippen LogP contribution in [-0.4, -0.2) is 29.2 Å². The standard InChI is InChI=1S/C4H6F3.BrH.Mg/c1-2-3-4(5,6)7;;/h1-3H2;1H;/q-1;;+2/p-1. The molecule has 0 atom stereocenters. The summed E-state index contributed by atoms with van der Waals surface area (Å²) in [5, 5.41) is 0. The molecular weight excluding hydrogens is 209 g/mol. The minimum atomic E-state index is -4.01. The molecule has 0 nitrogen and oxygen atoms in total. The zero-order valence-electron chi connectivity index (χ0n) is 4.84. The van der Waals surface area contributed by atoms with E-state index in [0.717, 1.165) is 0 Å². The largest absolute Gasteiger partial charge is 2.00 e. The van der Waals surface area contributed by atoms with Gasteiger partial charge in [-0.25, -0.2) is 0 Å². The molecule has 0 aliphatic heterocycles. The molecule has 0 aliphatic rings. The first kappa shape index (κ1) is 16.6. The summed E-state index contributed by atoms with van der Waals surface area (Å²) in [5.41, 5.74) is 0. The van der Waals surface area contributed by atoms with E-state index < -0.39 is 12.6 Å². The van der Waals surface area contributed by atoms with E-state index in [-0.39, 0.29) is 46.5 Å². The van der Waals surface area contributed by atoms with Gasteiger partial charge >= 0.3 is 29.2 Å². The van der Waals surface area contributed by atoms with Gasteiger partial charge in [-0.15, -0.1) is 0 Å². The number of alkyl halides is 3. The van der Waals surface area contributed by atoms with Gasteiger partial charge in [-0.2, -0.15) is 19.6 Å². The zero-order valence-corrected chi connectivity index (χ0v) is 7.84. The molecule has 0 aromatic heterocycles. The first-order valence-electron chi connectivity index (χ1n) is 1.92. The van der Waals surface area contributed by atoms with Gasteiger partial charge in [0.2, 0.25) is 0 Å². The summed E-state index contributed by atoms with van der Waals surface area (Å²) in [6, 6.07) is 0. The van der Waals surface area contributed by atoms with E-state index in [9.17, 15) is 13.2 Å². The van der Waals surface area contributed by atoms with Crippen LogP contribution in [0.15, 0.2) is 0 Å². The molecule has 5 heteroatoms. The van der Waals surface area contributed by atoms with Gasteiger partial charge in [0, 0.05) is 6.42 Å². The van der Waals surface area contributed by atoms with Crippen LogP contribution in [0.5, 0.6) is 0 Å². The van der Waals surface area contributed by atoms with Crippen molar-refractivity contribution in [1.82, 2.24) is 0 Å². The van der Waals surface area contributed by atoms with Gasteiger partial charge in [0.15, 0.2) is 0 Å². The number of hydrogen-bond acceptors (Lipinski definition) is 0. The Balaban J connectivity index is -0.000000180. The van der Waals surface area contributed by atoms with Crippen LogP contribution in [0.1, 0.15) is 12.8 Å². The zero-order chi connectivity index (χ0) is 5.91. The number of hydrogen-bond donors (Lipinski definition) is 0. The van der Waals surface area contributed by atoms with E-state index >= 15 is 0 Å². The summed E-state index contributed by atoms with van der Waals surface area (Å²) < 4.78 is 33.0. The third kappa shape index (κ3) is 17.6. The van der Waals surface area contributed by atoms with Crippen LogP contribution in [-0.2, 0) is 0 Å². The molecule has 0 aromatic carbocycles. The second-order valence-corrected chi connectivity index (χ2v) is 1.22. The fourth-order valence-electron chi connectivity index (χ4n) is 0.200. The van der Waals surface area contributed by atoms with E-state index in [1.807, 2.05) is 0 Å². The number of rotatable bonds is 1. The average molecular weight is 215 g/mol. The third-order valence-corrected chi connectivity index (χ3v) is 0.460. The fraction of sp³-hybridized carbons (Fsp3) is 0.750. The smallest absolute Gasteiger partial charge is 1.00 e. The molecule has 9 heavy (non-hydrogen) atoms. The van der Waals surface area contributed by atoms with Gasteiger partial charge < -0.3 is 23.9 Å². The van der Waals surface area contributed by atoms with E-state index in [4.69, 9.17) is 0 Å². The maximum atomic E-state index is 11.0. The Bertz CT molecular complexity index is 54.3. The number of halogens is 4. The molecule has 0 radical (unpaired) electrons. The Labute approximate surface area is 79.1 Å². The van der Waals surface area contributed by atoms with E-state index in [0.29, 0.717) is 0 Å². The average Bonchev–Trinajstić information content (AvgIpc) is 1.30. The van der Waals surface area contributed by atoms with Gasteiger partial charge in [0.25, 0.3) is 0 Å². The molecule has 0 rings (SSSR count). The van der Waals surface area contributed by atoms with Crippen molar-refractivity contribution in [2.24, 2.45) is 0 Å². The Morgan fingerprint density at radius 1 is 1.22 bits per heavy atom. The quantitative estimate of drug-likeness (QED) is 0.380. The minimum absolute atomic E-state index is 0. The molecule has 0 N–H and O–H groups in total. The first-order chi connectivity index (χ1) is 3.06. The molecule has 0 aromatic rings. The van der Waals surface area contributed by atoms with Crippen molar-refractivity contribution in [2.45, 2.75) is 19.0 Å². The molecule has 0 unspecified atom stereocenters. The third-order valence-electron chi connectivity index (χ3n) is 0.460. The first-order valence-corrected chi connectivity index (χ1v) is 1.92. The molecule has 0 aliphatic carbocycles. The van der Waals surface area contributed by atoms with Crippen molar-refractivity contribution in [2.75, 3.05) is 0 Å². The molecule has 52 valence electrons. The summed E-state index contributed by atoms with van der Waals surface area (Å²) in [6.45, 7) is 3.05. The molecule has 0 saturated heterocycles. The molecular formula is C4H6BrF3Mg. The Kier molecular flexibility index (Phi) is 13.1. The summed E-state index contributed by atoms with van der Waals surface area (Å²) in [6.07, 6.45) is -4.85. The van der Waals surface area contributed by atoms with Crippen molar-refractivity contribution in [3.8, 4) is 0 Å². The van der Waals surface area contributed by atoms with Crippen molar-refractivity contribution < 1.29 is 30.2 Å². The predicted octanol–water partition coefficient (Wildman–Crippen LogP) is -1.21. The molecule has 0 bridgehead atoms. The van der Waals surface area contributed by atoms with Crippen LogP contribution in [0.25, 0.3) is 0 Å². The van der Waals surface area contributed by atoms with Crippen LogP contribution in [0.3, 0.4) is 0 Å². The van der Waals surface area contributed by atoms with Gasteiger partial charge in [0.05, 0.1) is 0 Å². The van der Waals surface area contributed by atoms with Crippen molar-refractivity contribution in [3.63, 3.8) is 0 Å². The molecule has 0 heterocycles. The van der Waals surface area contributed by atoms with Crippen LogP contribution in [0, 0.1) is 6.92 Å². The van der Waals surface area contributed by atoms with Crippen LogP contribution in [0.4, 0.5) is 13.2 Å². The summed E-state index contributed by atoms with van der Waals surface area (Å²) in [5.74, 6) is 0. The molecule has 0 amide bonds.